The third-order valence-electron chi connectivity index (χ3n) is 3.49. The maximum Gasteiger partial charge on any atom is 0.222 e. The van der Waals surface area contributed by atoms with Gasteiger partial charge in [-0.2, -0.15) is 0 Å². The molecule has 1 amide bonds. The van der Waals surface area contributed by atoms with Crippen molar-refractivity contribution in [2.24, 2.45) is 0 Å². The minimum absolute atomic E-state index is 0.289. The van der Waals surface area contributed by atoms with E-state index in [1.807, 2.05) is 4.90 Å². The highest BCUT2D eigenvalue weighted by atomic mass is 35.5. The summed E-state index contributed by atoms with van der Waals surface area (Å²) in [7, 11) is 2.13. The van der Waals surface area contributed by atoms with Crippen molar-refractivity contribution in [2.75, 3.05) is 26.0 Å². The molecular weight excluding hydrogens is 224 g/mol. The Morgan fingerprint density at radius 3 is 2.31 bits per heavy atom. The average molecular weight is 247 g/mol. The fraction of sp³-hybridized carbons (Fsp3) is 0.917. The molecule has 0 radical (unpaired) electrons. The minimum Gasteiger partial charge on any atom is -0.340 e. The highest BCUT2D eigenvalue weighted by Crippen LogP contribution is 2.14. The Labute approximate surface area is 104 Å². The zero-order valence-corrected chi connectivity index (χ0v) is 11.3. The monoisotopic (exact) mass is 246 g/mol. The molecule has 0 aromatic carbocycles. The molecule has 1 rings (SSSR count). The SMILES string of the molecule is CC1CN(C(=O)CCCCCl)CC(C)N1C. The predicted octanol–water partition coefficient (Wildman–Crippen LogP) is 1.95. The molecule has 4 heteroatoms. The highest BCUT2D eigenvalue weighted by molar-refractivity contribution is 6.17. The molecule has 1 saturated heterocycles. The Bertz CT molecular complexity index is 223. The summed E-state index contributed by atoms with van der Waals surface area (Å²) >= 11 is 5.60. The fourth-order valence-corrected chi connectivity index (χ4v) is 2.33. The number of nitrogens with zero attached hydrogens (tertiary/aromatic N) is 2. The van der Waals surface area contributed by atoms with E-state index in [2.05, 4.69) is 25.8 Å². The molecule has 94 valence electrons. The number of carbonyl (C=O) groups is 1. The Morgan fingerprint density at radius 1 is 1.25 bits per heavy atom. The van der Waals surface area contributed by atoms with E-state index < -0.39 is 0 Å². The third kappa shape index (κ3) is 3.63. The van der Waals surface area contributed by atoms with Crippen LogP contribution in [0.4, 0.5) is 0 Å². The largest absolute Gasteiger partial charge is 0.340 e. The quantitative estimate of drug-likeness (QED) is 0.559. The van der Waals surface area contributed by atoms with E-state index in [1.54, 1.807) is 0 Å². The van der Waals surface area contributed by atoms with Crippen molar-refractivity contribution in [2.45, 2.75) is 45.2 Å². The summed E-state index contributed by atoms with van der Waals surface area (Å²) in [5.74, 6) is 0.944. The lowest BCUT2D eigenvalue weighted by atomic mass is 10.1. The van der Waals surface area contributed by atoms with Crippen molar-refractivity contribution in [1.82, 2.24) is 9.80 Å². The Hall–Kier alpha value is -0.280. The van der Waals surface area contributed by atoms with Crippen LogP contribution in [0.3, 0.4) is 0 Å². The molecule has 1 aliphatic heterocycles. The number of hydrogen-bond donors (Lipinski definition) is 0. The molecule has 0 aliphatic carbocycles. The van der Waals surface area contributed by atoms with Crippen molar-refractivity contribution >= 4 is 17.5 Å². The fourth-order valence-electron chi connectivity index (χ4n) is 2.14. The first-order chi connectivity index (χ1) is 7.56. The summed E-state index contributed by atoms with van der Waals surface area (Å²) < 4.78 is 0. The van der Waals surface area contributed by atoms with Crippen molar-refractivity contribution < 1.29 is 4.79 Å². The van der Waals surface area contributed by atoms with E-state index in [4.69, 9.17) is 11.6 Å². The van der Waals surface area contributed by atoms with Crippen LogP contribution in [0, 0.1) is 0 Å². The number of unbranched alkanes of at least 4 members (excludes halogenated alkanes) is 1. The highest BCUT2D eigenvalue weighted by Gasteiger charge is 2.28. The molecule has 0 bridgehead atoms. The first-order valence-electron chi connectivity index (χ1n) is 6.12. The van der Waals surface area contributed by atoms with Gasteiger partial charge < -0.3 is 4.90 Å². The lowest BCUT2D eigenvalue weighted by molar-refractivity contribution is -0.135. The van der Waals surface area contributed by atoms with E-state index in [9.17, 15) is 4.79 Å². The lowest BCUT2D eigenvalue weighted by Gasteiger charge is -2.42. The second kappa shape index (κ2) is 6.45. The molecule has 0 saturated carbocycles. The van der Waals surface area contributed by atoms with Gasteiger partial charge in [0.1, 0.15) is 0 Å². The zero-order valence-electron chi connectivity index (χ0n) is 10.6. The number of piperazine rings is 1. The topological polar surface area (TPSA) is 23.6 Å². The number of carbonyl (C=O) groups excluding carboxylic acids is 1. The van der Waals surface area contributed by atoms with Gasteiger partial charge in [0.25, 0.3) is 0 Å². The first kappa shape index (κ1) is 13.8. The molecule has 0 aromatic rings. The molecule has 1 heterocycles. The number of amides is 1. The van der Waals surface area contributed by atoms with Gasteiger partial charge in [0.15, 0.2) is 0 Å². The van der Waals surface area contributed by atoms with Crippen LogP contribution in [0.5, 0.6) is 0 Å². The van der Waals surface area contributed by atoms with Crippen LogP contribution in [-0.4, -0.2) is 53.8 Å². The summed E-state index contributed by atoms with van der Waals surface area (Å²) in [5, 5.41) is 0. The Morgan fingerprint density at radius 2 is 1.81 bits per heavy atom. The average Bonchev–Trinajstić information content (AvgIpc) is 2.25. The van der Waals surface area contributed by atoms with Crippen molar-refractivity contribution in [1.29, 1.82) is 0 Å². The van der Waals surface area contributed by atoms with E-state index in [0.717, 1.165) is 25.9 Å². The number of rotatable bonds is 4. The zero-order chi connectivity index (χ0) is 12.1. The van der Waals surface area contributed by atoms with Crippen molar-refractivity contribution in [3.8, 4) is 0 Å². The molecule has 16 heavy (non-hydrogen) atoms. The molecule has 0 spiro atoms. The van der Waals surface area contributed by atoms with Gasteiger partial charge in [0, 0.05) is 37.5 Å². The van der Waals surface area contributed by atoms with Gasteiger partial charge >= 0.3 is 0 Å². The summed E-state index contributed by atoms with van der Waals surface area (Å²) in [6.45, 7) is 6.07. The summed E-state index contributed by atoms with van der Waals surface area (Å²) in [5.41, 5.74) is 0. The molecule has 0 N–H and O–H groups in total. The van der Waals surface area contributed by atoms with Gasteiger partial charge in [-0.25, -0.2) is 0 Å². The molecule has 0 aromatic heterocycles. The second-order valence-corrected chi connectivity index (χ2v) is 5.19. The van der Waals surface area contributed by atoms with E-state index in [1.165, 1.54) is 0 Å². The number of alkyl halides is 1. The summed E-state index contributed by atoms with van der Waals surface area (Å²) in [6.07, 6.45) is 2.50. The normalized spacial score (nSPS) is 27.1. The van der Waals surface area contributed by atoms with Gasteiger partial charge in [-0.05, 0) is 33.7 Å². The molecular formula is C12H23ClN2O. The smallest absolute Gasteiger partial charge is 0.222 e. The summed E-state index contributed by atoms with van der Waals surface area (Å²) in [6, 6.07) is 0.918. The first-order valence-corrected chi connectivity index (χ1v) is 6.65. The molecule has 1 aliphatic rings. The molecule has 2 atom stereocenters. The van der Waals surface area contributed by atoms with E-state index in [-0.39, 0.29) is 5.91 Å². The molecule has 1 fully saturated rings. The number of halogens is 1. The maximum atomic E-state index is 11.9. The van der Waals surface area contributed by atoms with Crippen LogP contribution in [0.25, 0.3) is 0 Å². The molecule has 2 unspecified atom stereocenters. The van der Waals surface area contributed by atoms with Gasteiger partial charge in [-0.15, -0.1) is 11.6 Å². The second-order valence-electron chi connectivity index (χ2n) is 4.81. The van der Waals surface area contributed by atoms with E-state index in [0.29, 0.717) is 24.4 Å². The van der Waals surface area contributed by atoms with Crippen LogP contribution in [0.15, 0.2) is 0 Å². The Kier molecular flexibility index (Phi) is 5.56. The van der Waals surface area contributed by atoms with Gasteiger partial charge in [0.2, 0.25) is 5.91 Å². The van der Waals surface area contributed by atoms with Crippen molar-refractivity contribution in [3.05, 3.63) is 0 Å². The van der Waals surface area contributed by atoms with Gasteiger partial charge in [0.05, 0.1) is 0 Å². The van der Waals surface area contributed by atoms with Crippen LogP contribution < -0.4 is 0 Å². The van der Waals surface area contributed by atoms with Crippen LogP contribution in [-0.2, 0) is 4.79 Å². The number of likely N-dealkylation sites (N-methyl/N-ethyl adjacent to an activating group) is 1. The summed E-state index contributed by atoms with van der Waals surface area (Å²) in [4.78, 5) is 16.3. The van der Waals surface area contributed by atoms with Gasteiger partial charge in [-0.1, -0.05) is 0 Å². The number of hydrogen-bond acceptors (Lipinski definition) is 2. The lowest BCUT2D eigenvalue weighted by Crippen LogP contribution is -2.56. The van der Waals surface area contributed by atoms with Crippen LogP contribution in [0.1, 0.15) is 33.1 Å². The standard InChI is InChI=1S/C12H23ClN2O/c1-10-8-15(9-11(2)14(10)3)12(16)6-4-5-7-13/h10-11H,4-9H2,1-3H3. The predicted molar refractivity (Wildman–Crippen MR) is 67.8 cm³/mol. The minimum atomic E-state index is 0.289. The van der Waals surface area contributed by atoms with Crippen molar-refractivity contribution in [3.63, 3.8) is 0 Å². The van der Waals surface area contributed by atoms with E-state index >= 15 is 0 Å². The third-order valence-corrected chi connectivity index (χ3v) is 3.75. The van der Waals surface area contributed by atoms with Crippen LogP contribution >= 0.6 is 11.6 Å². The maximum absolute atomic E-state index is 11.9. The van der Waals surface area contributed by atoms with Crippen LogP contribution in [0.2, 0.25) is 0 Å². The van der Waals surface area contributed by atoms with Gasteiger partial charge in [-0.3, -0.25) is 9.69 Å². The molecule has 3 nitrogen and oxygen atoms in total. The Balaban J connectivity index is 2.39.